The van der Waals surface area contributed by atoms with E-state index in [0.29, 0.717) is 0 Å². The van der Waals surface area contributed by atoms with Gasteiger partial charge in [0.15, 0.2) is 18.3 Å². The van der Waals surface area contributed by atoms with Crippen LogP contribution in [0, 0.1) is 12.8 Å². The molecule has 3 unspecified atom stereocenters. The molecular formula is C33H39BrO9. The normalized spacial score (nSPS) is 27.0. The number of fused-ring (bicyclic) bond motifs is 1. The quantitative estimate of drug-likeness (QED) is 0.260. The van der Waals surface area contributed by atoms with E-state index in [1.54, 1.807) is 0 Å². The maximum absolute atomic E-state index is 12.4. The third kappa shape index (κ3) is 7.84. The molecule has 2 aromatic carbocycles. The van der Waals surface area contributed by atoms with E-state index >= 15 is 0 Å². The number of halogens is 1. The second-order valence-corrected chi connectivity index (χ2v) is 12.4. The highest BCUT2D eigenvalue weighted by Gasteiger charge is 2.55. The minimum absolute atomic E-state index is 0.0102. The number of ether oxygens (including phenoxy) is 5. The molecule has 1 fully saturated rings. The molecule has 232 valence electrons. The van der Waals surface area contributed by atoms with Crippen molar-refractivity contribution in [3.63, 3.8) is 0 Å². The van der Waals surface area contributed by atoms with Crippen molar-refractivity contribution in [3.05, 3.63) is 69.2 Å². The number of benzene rings is 2. The largest absolute Gasteiger partial charge is 0.463 e. The Morgan fingerprint density at radius 2 is 1.47 bits per heavy atom. The first-order chi connectivity index (χ1) is 20.3. The van der Waals surface area contributed by atoms with E-state index < -0.39 is 54.4 Å². The average molecular weight is 660 g/mol. The molecule has 1 aliphatic heterocycles. The molecule has 1 aliphatic carbocycles. The summed E-state index contributed by atoms with van der Waals surface area (Å²) in [6, 6.07) is 14.6. The Kier molecular flexibility index (Phi) is 10.7. The lowest BCUT2D eigenvalue weighted by molar-refractivity contribution is -0.261. The van der Waals surface area contributed by atoms with Crippen LogP contribution in [0.25, 0.3) is 0 Å². The fourth-order valence-electron chi connectivity index (χ4n) is 6.64. The summed E-state index contributed by atoms with van der Waals surface area (Å²) in [4.78, 5) is 48.5. The molecule has 1 heterocycles. The fraction of sp³-hybridized carbons (Fsp3) is 0.515. The maximum atomic E-state index is 12.4. The first kappa shape index (κ1) is 32.7. The Labute approximate surface area is 260 Å². The monoisotopic (exact) mass is 658 g/mol. The molecule has 0 spiro atoms. The first-order valence-corrected chi connectivity index (χ1v) is 15.3. The van der Waals surface area contributed by atoms with Gasteiger partial charge in [-0.15, -0.1) is 0 Å². The van der Waals surface area contributed by atoms with Crippen LogP contribution in [0.15, 0.2) is 46.9 Å². The van der Waals surface area contributed by atoms with Crippen LogP contribution in [0.4, 0.5) is 0 Å². The standard InChI is InChI=1S/C33H39BrO9/c1-17-8-7-9-26-27(15-24(29(17)26)14-23-10-12-25(34)13-11-23)18(2)30-32(41-21(5)37)33(42-22(6)38)31(40-20(4)36)28(43-30)16-39-19(3)35/h7-13,18,24,27-28,30-33H,14-16H2,1-6H3/t18?,24?,27?,28-,30+,31-,32+,33+/m1/s1. The highest BCUT2D eigenvalue weighted by molar-refractivity contribution is 9.10. The molecule has 2 aromatic rings. The second-order valence-electron chi connectivity index (χ2n) is 11.5. The van der Waals surface area contributed by atoms with Gasteiger partial charge < -0.3 is 23.7 Å². The van der Waals surface area contributed by atoms with Gasteiger partial charge in [-0.1, -0.05) is 53.2 Å². The van der Waals surface area contributed by atoms with Gasteiger partial charge in [-0.3, -0.25) is 19.2 Å². The van der Waals surface area contributed by atoms with Crippen molar-refractivity contribution in [2.24, 2.45) is 5.92 Å². The number of esters is 4. The van der Waals surface area contributed by atoms with Gasteiger partial charge in [-0.05, 0) is 71.9 Å². The van der Waals surface area contributed by atoms with Crippen LogP contribution < -0.4 is 0 Å². The van der Waals surface area contributed by atoms with E-state index in [9.17, 15) is 19.2 Å². The highest BCUT2D eigenvalue weighted by atomic mass is 79.9. The zero-order chi connectivity index (χ0) is 31.4. The molecule has 43 heavy (non-hydrogen) atoms. The lowest BCUT2D eigenvalue weighted by Gasteiger charge is -2.47. The predicted molar refractivity (Wildman–Crippen MR) is 160 cm³/mol. The van der Waals surface area contributed by atoms with Crippen molar-refractivity contribution in [3.8, 4) is 0 Å². The van der Waals surface area contributed by atoms with E-state index in [-0.39, 0.29) is 24.4 Å². The summed E-state index contributed by atoms with van der Waals surface area (Å²) in [7, 11) is 0. The fourth-order valence-corrected chi connectivity index (χ4v) is 6.90. The van der Waals surface area contributed by atoms with E-state index in [4.69, 9.17) is 23.7 Å². The molecule has 0 N–H and O–H groups in total. The Hall–Kier alpha value is -3.24. The number of hydrogen-bond donors (Lipinski definition) is 0. The molecule has 0 radical (unpaired) electrons. The lowest BCUT2D eigenvalue weighted by atomic mass is 9.78. The summed E-state index contributed by atoms with van der Waals surface area (Å²) < 4.78 is 29.8. The molecule has 0 saturated carbocycles. The average Bonchev–Trinajstić information content (AvgIpc) is 3.29. The summed E-state index contributed by atoms with van der Waals surface area (Å²) in [5.74, 6) is -2.42. The second kappa shape index (κ2) is 14.0. The number of carbonyl (C=O) groups excluding carboxylic acids is 4. The molecule has 8 atom stereocenters. The molecule has 0 amide bonds. The summed E-state index contributed by atoms with van der Waals surface area (Å²) in [5, 5.41) is 0. The smallest absolute Gasteiger partial charge is 0.303 e. The van der Waals surface area contributed by atoms with Crippen LogP contribution in [0.1, 0.15) is 75.1 Å². The van der Waals surface area contributed by atoms with Crippen molar-refractivity contribution in [2.45, 2.75) is 96.7 Å². The minimum atomic E-state index is -1.18. The maximum Gasteiger partial charge on any atom is 0.303 e. The van der Waals surface area contributed by atoms with Gasteiger partial charge >= 0.3 is 23.9 Å². The summed E-state index contributed by atoms with van der Waals surface area (Å²) in [6.07, 6.45) is -3.48. The van der Waals surface area contributed by atoms with Gasteiger partial charge in [-0.25, -0.2) is 0 Å². The number of carbonyl (C=O) groups is 4. The van der Waals surface area contributed by atoms with Crippen LogP contribution in [-0.2, 0) is 49.3 Å². The minimum Gasteiger partial charge on any atom is -0.463 e. The summed E-state index contributed by atoms with van der Waals surface area (Å²) in [6.45, 7) is 8.88. The SMILES string of the molecule is CC(=O)OC[C@H]1O[C@@H](C(C)C2CC(Cc3ccc(Br)cc3)c3c(C)cccc32)[C@H](OC(C)=O)[C@@H](OC(C)=O)[C@@H]1OC(C)=O. The Morgan fingerprint density at radius 3 is 2.07 bits per heavy atom. The van der Waals surface area contributed by atoms with Crippen molar-refractivity contribution in [2.75, 3.05) is 6.61 Å². The van der Waals surface area contributed by atoms with E-state index in [1.165, 1.54) is 49.9 Å². The molecule has 0 bridgehead atoms. The van der Waals surface area contributed by atoms with Crippen molar-refractivity contribution >= 4 is 39.8 Å². The molecule has 1 saturated heterocycles. The highest BCUT2D eigenvalue weighted by Crippen LogP contribution is 2.50. The van der Waals surface area contributed by atoms with Gasteiger partial charge in [0, 0.05) is 32.2 Å². The Bertz CT molecular complexity index is 1340. The molecule has 9 nitrogen and oxygen atoms in total. The molecule has 4 rings (SSSR count). The molecular weight excluding hydrogens is 620 g/mol. The molecule has 10 heteroatoms. The zero-order valence-electron chi connectivity index (χ0n) is 25.3. The van der Waals surface area contributed by atoms with Crippen LogP contribution in [-0.4, -0.2) is 61.0 Å². The Morgan fingerprint density at radius 1 is 0.860 bits per heavy atom. The molecule has 0 aromatic heterocycles. The first-order valence-electron chi connectivity index (χ1n) is 14.5. The third-order valence-electron chi connectivity index (χ3n) is 8.28. The van der Waals surface area contributed by atoms with Crippen molar-refractivity contribution in [1.29, 1.82) is 0 Å². The number of rotatable bonds is 9. The topological polar surface area (TPSA) is 114 Å². The predicted octanol–water partition coefficient (Wildman–Crippen LogP) is 5.33. The van der Waals surface area contributed by atoms with E-state index in [2.05, 4.69) is 47.1 Å². The van der Waals surface area contributed by atoms with Crippen LogP contribution in [0.2, 0.25) is 0 Å². The molecule has 2 aliphatic rings. The van der Waals surface area contributed by atoms with Crippen LogP contribution in [0.5, 0.6) is 0 Å². The Balaban J connectivity index is 1.73. The summed E-state index contributed by atoms with van der Waals surface area (Å²) in [5.41, 5.74) is 4.93. The third-order valence-corrected chi connectivity index (χ3v) is 8.81. The number of hydrogen-bond acceptors (Lipinski definition) is 9. The zero-order valence-corrected chi connectivity index (χ0v) is 26.9. The van der Waals surface area contributed by atoms with Gasteiger partial charge in [-0.2, -0.15) is 0 Å². The van der Waals surface area contributed by atoms with E-state index in [1.807, 2.05) is 25.1 Å². The van der Waals surface area contributed by atoms with Gasteiger partial charge in [0.1, 0.15) is 18.8 Å². The van der Waals surface area contributed by atoms with Crippen molar-refractivity contribution < 1.29 is 42.9 Å². The van der Waals surface area contributed by atoms with E-state index in [0.717, 1.165) is 17.3 Å². The van der Waals surface area contributed by atoms with Crippen molar-refractivity contribution in [1.82, 2.24) is 0 Å². The van der Waals surface area contributed by atoms with Gasteiger partial charge in [0.25, 0.3) is 0 Å². The number of aryl methyl sites for hydroxylation is 1. The van der Waals surface area contributed by atoms with Crippen LogP contribution >= 0.6 is 15.9 Å². The van der Waals surface area contributed by atoms with Crippen LogP contribution in [0.3, 0.4) is 0 Å². The summed E-state index contributed by atoms with van der Waals surface area (Å²) >= 11 is 3.52. The van der Waals surface area contributed by atoms with Gasteiger partial charge in [0.05, 0.1) is 0 Å². The van der Waals surface area contributed by atoms with Gasteiger partial charge in [0.2, 0.25) is 0 Å². The lowest BCUT2D eigenvalue weighted by Crippen LogP contribution is -2.64.